The molecule has 1 aliphatic heterocycles. The van der Waals surface area contributed by atoms with E-state index in [1.165, 1.54) is 0 Å². The summed E-state index contributed by atoms with van der Waals surface area (Å²) >= 11 is 0. The van der Waals surface area contributed by atoms with Crippen LogP contribution in [0.15, 0.2) is 36.4 Å². The van der Waals surface area contributed by atoms with Gasteiger partial charge in [-0.05, 0) is 50.2 Å². The number of methoxy groups -OCH3 is 1. The maximum absolute atomic E-state index is 12.2. The summed E-state index contributed by atoms with van der Waals surface area (Å²) < 4.78 is 15.4. The van der Waals surface area contributed by atoms with Crippen LogP contribution in [-0.2, 0) is 9.47 Å². The van der Waals surface area contributed by atoms with E-state index < -0.39 is 11.9 Å². The molecule has 0 radical (unpaired) electrons. The third kappa shape index (κ3) is 5.00. The van der Waals surface area contributed by atoms with Gasteiger partial charge in [-0.3, -0.25) is 0 Å². The average molecular weight is 413 g/mol. The molecule has 0 spiro atoms. The van der Waals surface area contributed by atoms with E-state index in [2.05, 4.69) is 14.8 Å². The number of carbonyl (C=O) groups is 2. The number of pyridine rings is 1. The molecule has 1 aliphatic rings. The van der Waals surface area contributed by atoms with Crippen LogP contribution in [0.4, 0.5) is 11.4 Å². The van der Waals surface area contributed by atoms with Crippen LogP contribution in [0, 0.1) is 0 Å². The molecule has 0 amide bonds. The quantitative estimate of drug-likeness (QED) is 0.641. The second-order valence-electron chi connectivity index (χ2n) is 6.71. The van der Waals surface area contributed by atoms with E-state index in [0.29, 0.717) is 0 Å². The zero-order valence-electron chi connectivity index (χ0n) is 17.6. The molecule has 8 nitrogen and oxygen atoms in total. The smallest absolute Gasteiger partial charge is 0.357 e. The standard InChI is InChI=1S/C22H27N3O5/c1-4-29-21(26)19-14-17(15-20(23-19)22(27)30-5-2)25-12-10-24(11-13-25)16-6-8-18(28-3)9-7-16/h6-9,14-15H,4-5,10-13H2,1-3H3. The molecule has 1 aromatic heterocycles. The summed E-state index contributed by atoms with van der Waals surface area (Å²) in [7, 11) is 1.65. The van der Waals surface area contributed by atoms with Gasteiger partial charge in [0.15, 0.2) is 11.4 Å². The molecule has 0 bridgehead atoms. The average Bonchev–Trinajstić information content (AvgIpc) is 2.79. The van der Waals surface area contributed by atoms with Crippen molar-refractivity contribution in [1.82, 2.24) is 4.98 Å². The molecule has 1 saturated heterocycles. The summed E-state index contributed by atoms with van der Waals surface area (Å²) in [5.74, 6) is -0.282. The minimum atomic E-state index is -0.554. The number of benzene rings is 1. The van der Waals surface area contributed by atoms with E-state index in [0.717, 1.165) is 43.3 Å². The molecule has 0 unspecified atom stereocenters. The lowest BCUT2D eigenvalue weighted by Crippen LogP contribution is -2.46. The monoisotopic (exact) mass is 413 g/mol. The van der Waals surface area contributed by atoms with Crippen LogP contribution in [0.2, 0.25) is 0 Å². The largest absolute Gasteiger partial charge is 0.497 e. The Morgan fingerprint density at radius 3 is 1.73 bits per heavy atom. The predicted octanol–water partition coefficient (Wildman–Crippen LogP) is 2.77. The lowest BCUT2D eigenvalue weighted by molar-refractivity contribution is 0.0511. The number of nitrogens with zero attached hydrogens (tertiary/aromatic N) is 3. The number of carbonyl (C=O) groups excluding carboxylic acids is 2. The van der Waals surface area contributed by atoms with Gasteiger partial charge in [0.1, 0.15) is 5.75 Å². The van der Waals surface area contributed by atoms with Gasteiger partial charge in [-0.2, -0.15) is 0 Å². The van der Waals surface area contributed by atoms with E-state index in [1.807, 2.05) is 24.3 Å². The van der Waals surface area contributed by atoms with Crippen molar-refractivity contribution in [3.05, 3.63) is 47.8 Å². The van der Waals surface area contributed by atoms with Crippen LogP contribution in [0.25, 0.3) is 0 Å². The first-order valence-corrected chi connectivity index (χ1v) is 10.1. The van der Waals surface area contributed by atoms with Crippen molar-refractivity contribution in [3.8, 4) is 5.75 Å². The molecule has 2 aromatic rings. The van der Waals surface area contributed by atoms with Gasteiger partial charge in [0.05, 0.1) is 20.3 Å². The molecule has 0 saturated carbocycles. The van der Waals surface area contributed by atoms with Crippen molar-refractivity contribution in [1.29, 1.82) is 0 Å². The first kappa shape index (κ1) is 21.4. The molecular formula is C22H27N3O5. The molecule has 3 rings (SSSR count). The van der Waals surface area contributed by atoms with Crippen molar-refractivity contribution in [3.63, 3.8) is 0 Å². The van der Waals surface area contributed by atoms with E-state index in [-0.39, 0.29) is 24.6 Å². The zero-order chi connectivity index (χ0) is 21.5. The van der Waals surface area contributed by atoms with Crippen LogP contribution < -0.4 is 14.5 Å². The molecule has 1 aromatic carbocycles. The van der Waals surface area contributed by atoms with Crippen molar-refractivity contribution >= 4 is 23.3 Å². The molecule has 0 N–H and O–H groups in total. The molecular weight excluding hydrogens is 386 g/mol. The van der Waals surface area contributed by atoms with E-state index in [1.54, 1.807) is 33.1 Å². The van der Waals surface area contributed by atoms with Crippen LogP contribution in [0.1, 0.15) is 34.8 Å². The third-order valence-corrected chi connectivity index (χ3v) is 4.86. The maximum atomic E-state index is 12.2. The minimum Gasteiger partial charge on any atom is -0.497 e. The van der Waals surface area contributed by atoms with Gasteiger partial charge < -0.3 is 24.0 Å². The Morgan fingerprint density at radius 1 is 0.833 bits per heavy atom. The van der Waals surface area contributed by atoms with Crippen molar-refractivity contribution in [2.75, 3.05) is 56.3 Å². The van der Waals surface area contributed by atoms with Crippen LogP contribution in [-0.4, -0.2) is 63.4 Å². The number of hydrogen-bond donors (Lipinski definition) is 0. The lowest BCUT2D eigenvalue weighted by atomic mass is 10.2. The SMILES string of the molecule is CCOC(=O)c1cc(N2CCN(c3ccc(OC)cc3)CC2)cc(C(=O)OCC)n1. The molecule has 2 heterocycles. The number of anilines is 2. The van der Waals surface area contributed by atoms with Crippen LogP contribution in [0.5, 0.6) is 5.75 Å². The highest BCUT2D eigenvalue weighted by atomic mass is 16.5. The summed E-state index contributed by atoms with van der Waals surface area (Å²) in [5.41, 5.74) is 2.10. The summed E-state index contributed by atoms with van der Waals surface area (Å²) in [6.45, 7) is 7.01. The van der Waals surface area contributed by atoms with E-state index in [4.69, 9.17) is 14.2 Å². The van der Waals surface area contributed by atoms with Crippen molar-refractivity contribution in [2.45, 2.75) is 13.8 Å². The first-order valence-electron chi connectivity index (χ1n) is 10.1. The minimum absolute atomic E-state index is 0.106. The lowest BCUT2D eigenvalue weighted by Gasteiger charge is -2.37. The van der Waals surface area contributed by atoms with Crippen LogP contribution >= 0.6 is 0 Å². The summed E-state index contributed by atoms with van der Waals surface area (Å²) in [6, 6.07) is 11.3. The fourth-order valence-corrected chi connectivity index (χ4v) is 3.33. The Bertz CT molecular complexity index is 841. The summed E-state index contributed by atoms with van der Waals surface area (Å²) in [5, 5.41) is 0. The van der Waals surface area contributed by atoms with Gasteiger partial charge in [0.25, 0.3) is 0 Å². The number of esters is 2. The van der Waals surface area contributed by atoms with Gasteiger partial charge in [-0.25, -0.2) is 14.6 Å². The molecule has 30 heavy (non-hydrogen) atoms. The summed E-state index contributed by atoms with van der Waals surface area (Å²) in [6.07, 6.45) is 0. The molecule has 0 aliphatic carbocycles. The topological polar surface area (TPSA) is 81.2 Å². The number of aromatic nitrogens is 1. The predicted molar refractivity (Wildman–Crippen MR) is 114 cm³/mol. The number of hydrogen-bond acceptors (Lipinski definition) is 8. The number of ether oxygens (including phenoxy) is 3. The second kappa shape index (κ2) is 9.96. The van der Waals surface area contributed by atoms with E-state index in [9.17, 15) is 9.59 Å². The molecule has 0 atom stereocenters. The molecule has 8 heteroatoms. The third-order valence-electron chi connectivity index (χ3n) is 4.86. The normalized spacial score (nSPS) is 13.7. The Kier molecular flexibility index (Phi) is 7.11. The fraction of sp³-hybridized carbons (Fsp3) is 0.409. The van der Waals surface area contributed by atoms with Crippen LogP contribution in [0.3, 0.4) is 0 Å². The van der Waals surface area contributed by atoms with E-state index >= 15 is 0 Å². The Morgan fingerprint density at radius 2 is 1.30 bits per heavy atom. The van der Waals surface area contributed by atoms with Crippen molar-refractivity contribution in [2.24, 2.45) is 0 Å². The first-order chi connectivity index (χ1) is 14.5. The highest BCUT2D eigenvalue weighted by molar-refractivity contribution is 5.93. The second-order valence-corrected chi connectivity index (χ2v) is 6.71. The Hall–Kier alpha value is -3.29. The van der Waals surface area contributed by atoms with Crippen molar-refractivity contribution < 1.29 is 23.8 Å². The zero-order valence-corrected chi connectivity index (χ0v) is 17.6. The molecule has 1 fully saturated rings. The van der Waals surface area contributed by atoms with Gasteiger partial charge in [0.2, 0.25) is 0 Å². The highest BCUT2D eigenvalue weighted by Crippen LogP contribution is 2.24. The maximum Gasteiger partial charge on any atom is 0.357 e. The van der Waals surface area contributed by atoms with Gasteiger partial charge >= 0.3 is 11.9 Å². The summed E-state index contributed by atoms with van der Waals surface area (Å²) in [4.78, 5) is 33.0. The number of piperazine rings is 1. The highest BCUT2D eigenvalue weighted by Gasteiger charge is 2.22. The van der Waals surface area contributed by atoms with Gasteiger partial charge in [-0.15, -0.1) is 0 Å². The molecule has 160 valence electrons. The Balaban J connectivity index is 1.77. The Labute approximate surface area is 176 Å². The van der Waals surface area contributed by atoms with Gasteiger partial charge in [-0.1, -0.05) is 0 Å². The number of rotatable bonds is 7. The van der Waals surface area contributed by atoms with Gasteiger partial charge in [0, 0.05) is 37.6 Å². The fourth-order valence-electron chi connectivity index (χ4n) is 3.33.